The molecule has 0 amide bonds. The van der Waals surface area contributed by atoms with E-state index in [9.17, 15) is 0 Å². The lowest BCUT2D eigenvalue weighted by atomic mass is 9.34. The second-order valence-electron chi connectivity index (χ2n) is 27.4. The molecule has 0 N–H and O–H groups in total. The fourth-order valence-corrected chi connectivity index (χ4v) is 18.9. The number of nitrogens with zero attached hydrogens (tertiary/aromatic N) is 5. The Bertz CT molecular complexity index is 6570. The summed E-state index contributed by atoms with van der Waals surface area (Å²) >= 11 is 0. The molecule has 4 aliphatic rings. The molecule has 9 heterocycles. The van der Waals surface area contributed by atoms with Crippen molar-refractivity contribution in [2.75, 3.05) is 0 Å². The number of hydrogen-bond donors (Lipinski definition) is 0. The van der Waals surface area contributed by atoms with Crippen molar-refractivity contribution in [3.63, 3.8) is 0 Å². The predicted octanol–water partition coefficient (Wildman–Crippen LogP) is 18.1. The zero-order valence-corrected chi connectivity index (χ0v) is 52.3. The molecular weight excluding hydrogens is 1170 g/mol. The molecule has 0 radical (unpaired) electrons. The van der Waals surface area contributed by atoms with Crippen LogP contribution in [0.25, 0.3) is 182 Å². The first-order valence-corrected chi connectivity index (χ1v) is 34.0. The molecular formula is C90H51B2N5. The molecule has 5 nitrogen and oxygen atoms in total. The molecule has 20 aromatic rings. The van der Waals surface area contributed by atoms with E-state index in [4.69, 9.17) is 0 Å². The largest absolute Gasteiger partial charge is 0.310 e. The molecule has 7 heteroatoms. The first-order valence-electron chi connectivity index (χ1n) is 34.0. The third kappa shape index (κ3) is 6.43. The minimum absolute atomic E-state index is 0.0691. The van der Waals surface area contributed by atoms with Crippen molar-refractivity contribution >= 4 is 155 Å². The van der Waals surface area contributed by atoms with Crippen molar-refractivity contribution in [2.24, 2.45) is 0 Å². The maximum absolute atomic E-state index is 2.66. The van der Waals surface area contributed by atoms with E-state index in [1.807, 2.05) is 0 Å². The second kappa shape index (κ2) is 18.2. The molecule has 0 aliphatic carbocycles. The van der Waals surface area contributed by atoms with E-state index in [-0.39, 0.29) is 13.4 Å². The van der Waals surface area contributed by atoms with Crippen LogP contribution in [0.2, 0.25) is 0 Å². The van der Waals surface area contributed by atoms with Crippen LogP contribution >= 0.6 is 0 Å². The Balaban J connectivity index is 0.840. The predicted molar refractivity (Wildman–Crippen MR) is 409 cm³/mol. The van der Waals surface area contributed by atoms with Crippen LogP contribution in [0.5, 0.6) is 0 Å². The SMILES string of the molecule is c1ccc(-c2ccc3c(c2)c2cc4c5cc(-c6ccccc6)ccc5n5c4c4c2n3-c2ccccc2B4c2cc3c4cc6c(cc4n(-c4ccccc4)c3cc2-5)-n2c3ccc(-c4ccccc4)cc3c3cc4c5cc(-c7ccccc7)ccc5n5c4c(c32)B6c2ccccc2-5)cc1. The van der Waals surface area contributed by atoms with Gasteiger partial charge in [0.25, 0.3) is 13.4 Å². The lowest BCUT2D eigenvalue weighted by Gasteiger charge is -2.33. The fourth-order valence-electron chi connectivity index (χ4n) is 18.9. The molecule has 5 aromatic heterocycles. The molecule has 0 atom stereocenters. The van der Waals surface area contributed by atoms with Gasteiger partial charge in [0.05, 0.1) is 55.2 Å². The molecule has 4 aliphatic heterocycles. The van der Waals surface area contributed by atoms with Crippen LogP contribution in [0.3, 0.4) is 0 Å². The lowest BCUT2D eigenvalue weighted by molar-refractivity contribution is 1.14. The number of rotatable bonds is 5. The van der Waals surface area contributed by atoms with Gasteiger partial charge in [0.1, 0.15) is 0 Å². The van der Waals surface area contributed by atoms with Crippen molar-refractivity contribution in [3.8, 4) is 72.9 Å². The number of fused-ring (bicyclic) bond motifs is 27. The van der Waals surface area contributed by atoms with E-state index in [1.165, 1.54) is 209 Å². The highest BCUT2D eigenvalue weighted by Gasteiger charge is 2.44. The normalized spacial score (nSPS) is 13.1. The number of aromatic nitrogens is 5. The summed E-state index contributed by atoms with van der Waals surface area (Å²) in [5.41, 5.74) is 36.2. The summed E-state index contributed by atoms with van der Waals surface area (Å²) in [6.45, 7) is -0.138. The molecule has 97 heavy (non-hydrogen) atoms. The summed E-state index contributed by atoms with van der Waals surface area (Å²) in [5.74, 6) is 0. The summed E-state index contributed by atoms with van der Waals surface area (Å²) in [6, 6.07) is 118. The molecule has 15 aromatic carbocycles. The number of para-hydroxylation sites is 3. The third-order valence-electron chi connectivity index (χ3n) is 22.8. The molecule has 442 valence electrons. The first kappa shape index (κ1) is 50.9. The Morgan fingerprint density at radius 3 is 0.804 bits per heavy atom. The van der Waals surface area contributed by atoms with Gasteiger partial charge in [0, 0.05) is 82.3 Å². The van der Waals surface area contributed by atoms with Gasteiger partial charge < -0.3 is 22.8 Å². The first-order chi connectivity index (χ1) is 48.1. The van der Waals surface area contributed by atoms with E-state index in [2.05, 4.69) is 332 Å². The van der Waals surface area contributed by atoms with Crippen LogP contribution in [0, 0.1) is 0 Å². The van der Waals surface area contributed by atoms with Crippen molar-refractivity contribution in [3.05, 3.63) is 309 Å². The van der Waals surface area contributed by atoms with Crippen LogP contribution in [-0.4, -0.2) is 36.3 Å². The van der Waals surface area contributed by atoms with Crippen LogP contribution in [0.4, 0.5) is 0 Å². The van der Waals surface area contributed by atoms with E-state index in [0.29, 0.717) is 0 Å². The maximum atomic E-state index is 2.66. The van der Waals surface area contributed by atoms with E-state index in [1.54, 1.807) is 0 Å². The average Bonchev–Trinajstić information content (AvgIpc) is 1.53. The Labute approximate surface area is 556 Å². The van der Waals surface area contributed by atoms with Gasteiger partial charge in [0.2, 0.25) is 0 Å². The van der Waals surface area contributed by atoms with Gasteiger partial charge in [-0.15, -0.1) is 0 Å². The number of benzene rings is 15. The topological polar surface area (TPSA) is 24.6 Å². The molecule has 24 rings (SSSR count). The van der Waals surface area contributed by atoms with E-state index < -0.39 is 0 Å². The van der Waals surface area contributed by atoms with Gasteiger partial charge in [-0.05, 0) is 174 Å². The van der Waals surface area contributed by atoms with Gasteiger partial charge >= 0.3 is 0 Å². The lowest BCUT2D eigenvalue weighted by Crippen LogP contribution is -2.59. The summed E-state index contributed by atoms with van der Waals surface area (Å²) in [5, 5.41) is 12.7. The van der Waals surface area contributed by atoms with Crippen molar-refractivity contribution in [1.29, 1.82) is 0 Å². The summed E-state index contributed by atoms with van der Waals surface area (Å²) in [6.07, 6.45) is 0. The van der Waals surface area contributed by atoms with E-state index in [0.717, 1.165) is 5.69 Å². The number of hydrogen-bond acceptors (Lipinski definition) is 0. The zero-order valence-electron chi connectivity index (χ0n) is 52.3. The van der Waals surface area contributed by atoms with Crippen LogP contribution in [-0.2, 0) is 0 Å². The van der Waals surface area contributed by atoms with Crippen molar-refractivity contribution in [2.45, 2.75) is 0 Å². The average molecular weight is 1220 g/mol. The Hall–Kier alpha value is -12.6. The van der Waals surface area contributed by atoms with Crippen molar-refractivity contribution < 1.29 is 0 Å². The Morgan fingerprint density at radius 2 is 0.464 bits per heavy atom. The van der Waals surface area contributed by atoms with Crippen LogP contribution in [0.15, 0.2) is 309 Å². The van der Waals surface area contributed by atoms with Crippen molar-refractivity contribution in [1.82, 2.24) is 22.8 Å². The quantitative estimate of drug-likeness (QED) is 0.153. The third-order valence-corrected chi connectivity index (χ3v) is 22.8. The van der Waals surface area contributed by atoms with Gasteiger partial charge in [-0.1, -0.05) is 212 Å². The van der Waals surface area contributed by atoms with Crippen LogP contribution in [0.1, 0.15) is 0 Å². The van der Waals surface area contributed by atoms with Crippen LogP contribution < -0.4 is 32.8 Å². The zero-order chi connectivity index (χ0) is 62.6. The van der Waals surface area contributed by atoms with Gasteiger partial charge in [-0.25, -0.2) is 0 Å². The molecule has 0 bridgehead atoms. The molecule has 0 saturated carbocycles. The molecule has 0 spiro atoms. The van der Waals surface area contributed by atoms with Gasteiger partial charge in [-0.3, -0.25) is 0 Å². The maximum Gasteiger partial charge on any atom is 0.252 e. The highest BCUT2D eigenvalue weighted by atomic mass is 15.1. The second-order valence-corrected chi connectivity index (χ2v) is 27.4. The fraction of sp³-hybridized carbons (Fsp3) is 0. The van der Waals surface area contributed by atoms with E-state index >= 15 is 0 Å². The molecule has 0 saturated heterocycles. The minimum Gasteiger partial charge on any atom is -0.310 e. The molecule has 0 unspecified atom stereocenters. The summed E-state index contributed by atoms with van der Waals surface area (Å²) < 4.78 is 13.1. The van der Waals surface area contributed by atoms with Gasteiger partial charge in [-0.2, -0.15) is 0 Å². The summed E-state index contributed by atoms with van der Waals surface area (Å²) in [4.78, 5) is 0. The van der Waals surface area contributed by atoms with Gasteiger partial charge in [0.15, 0.2) is 0 Å². The molecule has 0 fully saturated rings. The Kier molecular flexibility index (Phi) is 9.56. The standard InChI is InChI=1S/C90H51B2N5/c1-6-20-52(21-7-1)56-34-38-75-61(42-56)67-46-69-63-44-58(54-24-10-3-11-25-54)36-40-77(63)96-83-50-81-65(48-73(83)91-71-30-16-18-32-79(71)94(75)87(67)85(91)89(69)96)66-49-74-84(51-82(66)93(81)60-28-14-5-15-29-60)97-78-41-37-59(55-26-12-4-13-27-55)45-64(78)70-47-68-62-43-57(53-22-8-2-9-23-53)35-39-76(62)95-80-33-19-17-31-72(80)92(74)86(88(68)95)90(70)97/h1-51H. The summed E-state index contributed by atoms with van der Waals surface area (Å²) in [7, 11) is 0. The monoisotopic (exact) mass is 1220 g/mol. The Morgan fingerprint density at radius 1 is 0.175 bits per heavy atom. The highest BCUT2D eigenvalue weighted by Crippen LogP contribution is 2.48. The minimum atomic E-state index is -0.0691. The smallest absolute Gasteiger partial charge is 0.252 e. The highest BCUT2D eigenvalue weighted by molar-refractivity contribution is 7.01.